The molecule has 1 aliphatic heterocycles. The molecule has 0 bridgehead atoms. The van der Waals surface area contributed by atoms with Crippen LogP contribution in [-0.2, 0) is 14.6 Å². The van der Waals surface area contributed by atoms with E-state index in [-0.39, 0.29) is 11.8 Å². The van der Waals surface area contributed by atoms with Crippen LogP contribution < -0.4 is 5.32 Å². The SMILES string of the molecule is CC(=O)NCCC1CS(=O)(=O)C1. The molecule has 1 amide bonds. The maximum absolute atomic E-state index is 10.7. The van der Waals surface area contributed by atoms with Crippen molar-refractivity contribution in [2.45, 2.75) is 13.3 Å². The first kappa shape index (κ1) is 9.51. The Hall–Kier alpha value is -0.580. The lowest BCUT2D eigenvalue weighted by atomic mass is 10.1. The predicted molar refractivity (Wildman–Crippen MR) is 45.4 cm³/mol. The molecule has 1 saturated heterocycles. The molecule has 1 aliphatic rings. The highest BCUT2D eigenvalue weighted by Crippen LogP contribution is 2.20. The van der Waals surface area contributed by atoms with Gasteiger partial charge in [-0.15, -0.1) is 0 Å². The molecular formula is C7H13NO3S. The fourth-order valence-electron chi connectivity index (χ4n) is 1.29. The van der Waals surface area contributed by atoms with Gasteiger partial charge in [0.25, 0.3) is 0 Å². The smallest absolute Gasteiger partial charge is 0.216 e. The molecule has 0 aliphatic carbocycles. The van der Waals surface area contributed by atoms with E-state index in [1.165, 1.54) is 6.92 Å². The molecular weight excluding hydrogens is 178 g/mol. The number of carbonyl (C=O) groups excluding carboxylic acids is 1. The largest absolute Gasteiger partial charge is 0.356 e. The van der Waals surface area contributed by atoms with E-state index in [2.05, 4.69) is 5.32 Å². The van der Waals surface area contributed by atoms with E-state index in [0.29, 0.717) is 18.1 Å². The number of amides is 1. The van der Waals surface area contributed by atoms with E-state index in [9.17, 15) is 13.2 Å². The van der Waals surface area contributed by atoms with Crippen LogP contribution in [0.4, 0.5) is 0 Å². The maximum Gasteiger partial charge on any atom is 0.216 e. The van der Waals surface area contributed by atoms with E-state index in [1.54, 1.807) is 0 Å². The number of sulfone groups is 1. The highest BCUT2D eigenvalue weighted by molar-refractivity contribution is 7.92. The molecule has 0 aromatic carbocycles. The van der Waals surface area contributed by atoms with Crippen LogP contribution in [0.15, 0.2) is 0 Å². The lowest BCUT2D eigenvalue weighted by Crippen LogP contribution is -2.38. The number of carbonyl (C=O) groups is 1. The fourth-order valence-corrected chi connectivity index (χ4v) is 2.96. The van der Waals surface area contributed by atoms with Crippen molar-refractivity contribution in [2.75, 3.05) is 18.1 Å². The van der Waals surface area contributed by atoms with Gasteiger partial charge in [0.1, 0.15) is 0 Å². The van der Waals surface area contributed by atoms with Crippen molar-refractivity contribution in [1.82, 2.24) is 5.32 Å². The summed E-state index contributed by atoms with van der Waals surface area (Å²) in [6.45, 7) is 2.05. The van der Waals surface area contributed by atoms with Crippen molar-refractivity contribution in [3.05, 3.63) is 0 Å². The van der Waals surface area contributed by atoms with Crippen molar-refractivity contribution in [2.24, 2.45) is 5.92 Å². The van der Waals surface area contributed by atoms with Crippen LogP contribution in [0.2, 0.25) is 0 Å². The normalized spacial score (nSPS) is 21.4. The van der Waals surface area contributed by atoms with Gasteiger partial charge in [0.05, 0.1) is 11.5 Å². The highest BCUT2D eigenvalue weighted by Gasteiger charge is 2.32. The van der Waals surface area contributed by atoms with Gasteiger partial charge in [-0.3, -0.25) is 4.79 Å². The number of hydrogen-bond donors (Lipinski definition) is 1. The van der Waals surface area contributed by atoms with Crippen molar-refractivity contribution in [3.63, 3.8) is 0 Å². The van der Waals surface area contributed by atoms with Gasteiger partial charge in [-0.25, -0.2) is 8.42 Å². The second-order valence-electron chi connectivity index (χ2n) is 3.21. The number of nitrogens with one attached hydrogen (secondary N) is 1. The summed E-state index contributed by atoms with van der Waals surface area (Å²) in [6.07, 6.45) is 0.777. The second kappa shape index (κ2) is 3.43. The van der Waals surface area contributed by atoms with Gasteiger partial charge in [-0.2, -0.15) is 0 Å². The minimum Gasteiger partial charge on any atom is -0.356 e. The number of hydrogen-bond acceptors (Lipinski definition) is 3. The summed E-state index contributed by atoms with van der Waals surface area (Å²) in [4.78, 5) is 10.4. The molecule has 0 spiro atoms. The zero-order chi connectivity index (χ0) is 9.19. The summed E-state index contributed by atoms with van der Waals surface area (Å²) in [5, 5.41) is 2.64. The van der Waals surface area contributed by atoms with Crippen LogP contribution in [-0.4, -0.2) is 32.4 Å². The second-order valence-corrected chi connectivity index (χ2v) is 5.37. The quantitative estimate of drug-likeness (QED) is 0.657. The van der Waals surface area contributed by atoms with Gasteiger partial charge in [-0.1, -0.05) is 0 Å². The Morgan fingerprint density at radius 3 is 2.50 bits per heavy atom. The van der Waals surface area contributed by atoms with Gasteiger partial charge in [-0.05, 0) is 12.3 Å². The summed E-state index contributed by atoms with van der Waals surface area (Å²) in [5.41, 5.74) is 0. The van der Waals surface area contributed by atoms with Crippen molar-refractivity contribution in [1.29, 1.82) is 0 Å². The molecule has 5 heteroatoms. The molecule has 1 N–H and O–H groups in total. The lowest BCUT2D eigenvalue weighted by molar-refractivity contribution is -0.118. The Balaban J connectivity index is 2.08. The van der Waals surface area contributed by atoms with Crippen molar-refractivity contribution in [3.8, 4) is 0 Å². The molecule has 0 aromatic rings. The van der Waals surface area contributed by atoms with E-state index in [4.69, 9.17) is 0 Å². The first-order valence-electron chi connectivity index (χ1n) is 3.94. The summed E-state index contributed by atoms with van der Waals surface area (Å²) in [6, 6.07) is 0. The van der Waals surface area contributed by atoms with E-state index in [1.807, 2.05) is 0 Å². The molecule has 0 unspecified atom stereocenters. The van der Waals surface area contributed by atoms with Gasteiger partial charge in [0.15, 0.2) is 9.84 Å². The Kier molecular flexibility index (Phi) is 2.72. The minimum absolute atomic E-state index is 0.0582. The van der Waals surface area contributed by atoms with Crippen LogP contribution in [0.25, 0.3) is 0 Å². The molecule has 0 saturated carbocycles. The minimum atomic E-state index is -2.69. The lowest BCUT2D eigenvalue weighted by Gasteiger charge is -2.25. The topological polar surface area (TPSA) is 63.2 Å². The molecule has 0 radical (unpaired) electrons. The third-order valence-electron chi connectivity index (χ3n) is 1.91. The summed E-state index contributed by atoms with van der Waals surface area (Å²) >= 11 is 0. The molecule has 1 rings (SSSR count). The van der Waals surface area contributed by atoms with Gasteiger partial charge < -0.3 is 5.32 Å². The third-order valence-corrected chi connectivity index (χ3v) is 3.86. The Morgan fingerprint density at radius 1 is 1.50 bits per heavy atom. The van der Waals surface area contributed by atoms with Crippen LogP contribution >= 0.6 is 0 Å². The summed E-state index contributed by atoms with van der Waals surface area (Å²) < 4.78 is 21.4. The fraction of sp³-hybridized carbons (Fsp3) is 0.857. The standard InChI is InChI=1S/C7H13NO3S/c1-6(9)8-3-2-7-4-12(10,11)5-7/h7H,2-5H2,1H3,(H,8,9). The summed E-state index contributed by atoms with van der Waals surface area (Å²) in [7, 11) is -2.69. The summed E-state index contributed by atoms with van der Waals surface area (Å²) in [5.74, 6) is 0.804. The van der Waals surface area contributed by atoms with E-state index < -0.39 is 9.84 Å². The molecule has 12 heavy (non-hydrogen) atoms. The predicted octanol–water partition coefficient (Wildman–Crippen LogP) is -0.443. The van der Waals surface area contributed by atoms with E-state index >= 15 is 0 Å². The Morgan fingerprint density at radius 2 is 2.08 bits per heavy atom. The molecule has 1 fully saturated rings. The van der Waals surface area contributed by atoms with Gasteiger partial charge in [0.2, 0.25) is 5.91 Å². The molecule has 0 aromatic heterocycles. The Bertz CT molecular complexity index is 258. The monoisotopic (exact) mass is 191 g/mol. The maximum atomic E-state index is 10.7. The zero-order valence-corrected chi connectivity index (χ0v) is 7.86. The molecule has 70 valence electrons. The number of rotatable bonds is 3. The van der Waals surface area contributed by atoms with Crippen LogP contribution in [0, 0.1) is 5.92 Å². The first-order valence-corrected chi connectivity index (χ1v) is 5.76. The first-order chi connectivity index (χ1) is 5.49. The van der Waals surface area contributed by atoms with Crippen molar-refractivity contribution < 1.29 is 13.2 Å². The van der Waals surface area contributed by atoms with Gasteiger partial charge >= 0.3 is 0 Å². The third kappa shape index (κ3) is 2.81. The average molecular weight is 191 g/mol. The highest BCUT2D eigenvalue weighted by atomic mass is 32.2. The van der Waals surface area contributed by atoms with Crippen LogP contribution in [0.1, 0.15) is 13.3 Å². The average Bonchev–Trinajstić information content (AvgIpc) is 1.82. The molecule has 4 nitrogen and oxygen atoms in total. The van der Waals surface area contributed by atoms with Gasteiger partial charge in [0, 0.05) is 13.5 Å². The van der Waals surface area contributed by atoms with Crippen molar-refractivity contribution >= 4 is 15.7 Å². The van der Waals surface area contributed by atoms with Crippen LogP contribution in [0.3, 0.4) is 0 Å². The van der Waals surface area contributed by atoms with Crippen LogP contribution in [0.5, 0.6) is 0 Å². The zero-order valence-electron chi connectivity index (χ0n) is 7.04. The molecule has 0 atom stereocenters. The van der Waals surface area contributed by atoms with E-state index in [0.717, 1.165) is 6.42 Å². The molecule has 1 heterocycles. The Labute approximate surface area is 72.3 Å².